The molecule has 0 bridgehead atoms. The molecule has 2 aromatic rings. The molecule has 0 aliphatic heterocycles. The standard InChI is InChI=1S/C10H14BrN5O/c1-6(17)8(12)4-13-10-14-9-3-2-7(11)5-16(9)15-10/h2-3,5-6,8,17H,4,12H2,1H3,(H,13,15). The SMILES string of the molecule is CC(O)C(N)CNc1nc2ccc(Br)cn2n1. The van der Waals surface area contributed by atoms with Crippen molar-refractivity contribution in [2.75, 3.05) is 11.9 Å². The van der Waals surface area contributed by atoms with Gasteiger partial charge in [-0.15, -0.1) is 5.10 Å². The molecule has 0 saturated heterocycles. The lowest BCUT2D eigenvalue weighted by Crippen LogP contribution is -2.38. The summed E-state index contributed by atoms with van der Waals surface area (Å²) in [4.78, 5) is 4.27. The largest absolute Gasteiger partial charge is 0.392 e. The van der Waals surface area contributed by atoms with Crippen LogP contribution in [0.5, 0.6) is 0 Å². The fourth-order valence-corrected chi connectivity index (χ4v) is 1.64. The van der Waals surface area contributed by atoms with E-state index in [0.29, 0.717) is 12.5 Å². The zero-order valence-electron chi connectivity index (χ0n) is 9.34. The minimum absolute atomic E-state index is 0.339. The molecule has 2 aromatic heterocycles. The smallest absolute Gasteiger partial charge is 0.243 e. The fraction of sp³-hybridized carbons (Fsp3) is 0.400. The van der Waals surface area contributed by atoms with Gasteiger partial charge in [-0.05, 0) is 35.0 Å². The minimum Gasteiger partial charge on any atom is -0.392 e. The Morgan fingerprint density at radius 2 is 2.35 bits per heavy atom. The van der Waals surface area contributed by atoms with E-state index in [1.54, 1.807) is 11.4 Å². The summed E-state index contributed by atoms with van der Waals surface area (Å²) in [5.74, 6) is 0.499. The van der Waals surface area contributed by atoms with E-state index < -0.39 is 6.10 Å². The highest BCUT2D eigenvalue weighted by Gasteiger charge is 2.10. The van der Waals surface area contributed by atoms with Crippen molar-refractivity contribution in [3.05, 3.63) is 22.8 Å². The molecule has 6 nitrogen and oxygen atoms in total. The van der Waals surface area contributed by atoms with Crippen LogP contribution < -0.4 is 11.1 Å². The first-order valence-corrected chi connectivity index (χ1v) is 6.05. The van der Waals surface area contributed by atoms with Crippen molar-refractivity contribution in [3.8, 4) is 0 Å². The van der Waals surface area contributed by atoms with Crippen molar-refractivity contribution >= 4 is 27.5 Å². The summed E-state index contributed by atoms with van der Waals surface area (Å²) >= 11 is 3.36. The number of rotatable bonds is 4. The molecule has 2 unspecified atom stereocenters. The van der Waals surface area contributed by atoms with E-state index >= 15 is 0 Å². The van der Waals surface area contributed by atoms with Crippen LogP contribution in [0.1, 0.15) is 6.92 Å². The van der Waals surface area contributed by atoms with Crippen molar-refractivity contribution in [1.29, 1.82) is 0 Å². The second-order valence-corrected chi connectivity index (χ2v) is 4.79. The number of hydrogen-bond donors (Lipinski definition) is 3. The Kier molecular flexibility index (Phi) is 3.60. The highest BCUT2D eigenvalue weighted by Crippen LogP contribution is 2.12. The van der Waals surface area contributed by atoms with Crippen LogP contribution in [0.3, 0.4) is 0 Å². The Morgan fingerprint density at radius 3 is 3.06 bits per heavy atom. The zero-order chi connectivity index (χ0) is 12.4. The molecular weight excluding hydrogens is 286 g/mol. The maximum Gasteiger partial charge on any atom is 0.243 e. The Hall–Kier alpha value is -1.18. The van der Waals surface area contributed by atoms with Crippen LogP contribution in [0.4, 0.5) is 5.95 Å². The van der Waals surface area contributed by atoms with E-state index in [-0.39, 0.29) is 6.04 Å². The number of hydrogen-bond acceptors (Lipinski definition) is 5. The summed E-state index contributed by atoms with van der Waals surface area (Å²) in [6.07, 6.45) is 1.26. The number of aromatic nitrogens is 3. The monoisotopic (exact) mass is 299 g/mol. The molecule has 0 aliphatic rings. The van der Waals surface area contributed by atoms with Gasteiger partial charge >= 0.3 is 0 Å². The quantitative estimate of drug-likeness (QED) is 0.770. The number of halogens is 1. The first kappa shape index (κ1) is 12.3. The van der Waals surface area contributed by atoms with Crippen LogP contribution >= 0.6 is 15.9 Å². The molecule has 0 aliphatic carbocycles. The first-order valence-electron chi connectivity index (χ1n) is 5.25. The lowest BCUT2D eigenvalue weighted by Gasteiger charge is -2.13. The van der Waals surface area contributed by atoms with Gasteiger partial charge in [0.05, 0.1) is 6.10 Å². The Labute approximate surface area is 107 Å². The van der Waals surface area contributed by atoms with Gasteiger partial charge in [-0.1, -0.05) is 0 Å². The number of pyridine rings is 1. The summed E-state index contributed by atoms with van der Waals surface area (Å²) in [7, 11) is 0. The van der Waals surface area contributed by atoms with E-state index in [2.05, 4.69) is 31.3 Å². The van der Waals surface area contributed by atoms with E-state index in [4.69, 9.17) is 5.73 Å². The van der Waals surface area contributed by atoms with E-state index in [0.717, 1.165) is 10.1 Å². The predicted octanol–water partition coefficient (Wildman–Crippen LogP) is 0.612. The molecule has 92 valence electrons. The van der Waals surface area contributed by atoms with Crippen LogP contribution in [0.15, 0.2) is 22.8 Å². The van der Waals surface area contributed by atoms with Crippen LogP contribution in [0.2, 0.25) is 0 Å². The third-order valence-electron chi connectivity index (χ3n) is 2.41. The molecule has 7 heteroatoms. The number of aliphatic hydroxyl groups excluding tert-OH is 1. The lowest BCUT2D eigenvalue weighted by molar-refractivity contribution is 0.168. The number of nitrogens with one attached hydrogen (secondary N) is 1. The van der Waals surface area contributed by atoms with Crippen molar-refractivity contribution in [3.63, 3.8) is 0 Å². The van der Waals surface area contributed by atoms with Crippen LogP contribution in [-0.2, 0) is 0 Å². The van der Waals surface area contributed by atoms with Gasteiger partial charge in [0.1, 0.15) is 0 Å². The Balaban J connectivity index is 2.09. The van der Waals surface area contributed by atoms with Crippen LogP contribution in [-0.4, -0.2) is 38.4 Å². The van der Waals surface area contributed by atoms with Crippen molar-refractivity contribution < 1.29 is 5.11 Å². The van der Waals surface area contributed by atoms with Gasteiger partial charge in [0.2, 0.25) is 5.95 Å². The van der Waals surface area contributed by atoms with Gasteiger partial charge in [-0.25, -0.2) is 4.52 Å². The molecule has 17 heavy (non-hydrogen) atoms. The number of nitrogens with zero attached hydrogens (tertiary/aromatic N) is 3. The molecule has 0 saturated carbocycles. The third-order valence-corrected chi connectivity index (χ3v) is 2.88. The first-order chi connectivity index (χ1) is 8.06. The number of fused-ring (bicyclic) bond motifs is 1. The topological polar surface area (TPSA) is 88.5 Å². The molecule has 2 rings (SSSR count). The Bertz CT molecular complexity index is 512. The minimum atomic E-state index is -0.561. The normalized spacial score (nSPS) is 14.8. The molecule has 2 atom stereocenters. The summed E-state index contributed by atoms with van der Waals surface area (Å²) in [5, 5.41) is 16.5. The average Bonchev–Trinajstić information content (AvgIpc) is 2.67. The highest BCUT2D eigenvalue weighted by atomic mass is 79.9. The van der Waals surface area contributed by atoms with Gasteiger partial charge < -0.3 is 16.2 Å². The number of nitrogens with two attached hydrogens (primary N) is 1. The second-order valence-electron chi connectivity index (χ2n) is 3.87. The molecule has 0 spiro atoms. The van der Waals surface area contributed by atoms with Gasteiger partial charge in [0, 0.05) is 23.3 Å². The van der Waals surface area contributed by atoms with Gasteiger partial charge in [0.25, 0.3) is 0 Å². The summed E-state index contributed by atoms with van der Waals surface area (Å²) in [5.41, 5.74) is 6.45. The zero-order valence-corrected chi connectivity index (χ0v) is 10.9. The molecule has 2 heterocycles. The van der Waals surface area contributed by atoms with E-state index in [1.807, 2.05) is 18.3 Å². The van der Waals surface area contributed by atoms with Gasteiger partial charge in [-0.2, -0.15) is 4.98 Å². The summed E-state index contributed by atoms with van der Waals surface area (Å²) in [6.45, 7) is 2.08. The predicted molar refractivity (Wildman–Crippen MR) is 68.8 cm³/mol. The highest BCUT2D eigenvalue weighted by molar-refractivity contribution is 9.10. The molecule has 0 fully saturated rings. The maximum atomic E-state index is 9.26. The molecule has 4 N–H and O–H groups in total. The third kappa shape index (κ3) is 2.93. The van der Waals surface area contributed by atoms with E-state index in [1.165, 1.54) is 0 Å². The molecule has 0 amide bonds. The number of aliphatic hydroxyl groups is 1. The summed E-state index contributed by atoms with van der Waals surface area (Å²) in [6, 6.07) is 3.42. The van der Waals surface area contributed by atoms with Crippen LogP contribution in [0.25, 0.3) is 5.65 Å². The molecule has 0 radical (unpaired) electrons. The molecular formula is C10H14BrN5O. The van der Waals surface area contributed by atoms with Gasteiger partial charge in [-0.3, -0.25) is 0 Å². The van der Waals surface area contributed by atoms with Crippen molar-refractivity contribution in [1.82, 2.24) is 14.6 Å². The second kappa shape index (κ2) is 4.99. The lowest BCUT2D eigenvalue weighted by atomic mass is 10.2. The average molecular weight is 300 g/mol. The maximum absolute atomic E-state index is 9.26. The van der Waals surface area contributed by atoms with Gasteiger partial charge in [0.15, 0.2) is 5.65 Å². The van der Waals surface area contributed by atoms with Crippen LogP contribution in [0, 0.1) is 0 Å². The van der Waals surface area contributed by atoms with Crippen molar-refractivity contribution in [2.24, 2.45) is 5.73 Å². The van der Waals surface area contributed by atoms with Crippen molar-refractivity contribution in [2.45, 2.75) is 19.1 Å². The Morgan fingerprint density at radius 1 is 1.59 bits per heavy atom. The fourth-order valence-electron chi connectivity index (χ4n) is 1.31. The van der Waals surface area contributed by atoms with E-state index in [9.17, 15) is 5.11 Å². The number of anilines is 1. The molecule has 0 aromatic carbocycles. The summed E-state index contributed by atoms with van der Waals surface area (Å²) < 4.78 is 2.60.